The van der Waals surface area contributed by atoms with Crippen molar-refractivity contribution in [1.29, 1.82) is 0 Å². The number of nitrogens with one attached hydrogen (secondary N) is 1. The maximum Gasteiger partial charge on any atom is 0.0587 e. The molecule has 18 heavy (non-hydrogen) atoms. The van der Waals surface area contributed by atoms with E-state index in [1.807, 2.05) is 0 Å². The minimum atomic E-state index is 0.516. The van der Waals surface area contributed by atoms with E-state index in [1.165, 1.54) is 58.5 Å². The number of nitrogens with zero attached hydrogens (tertiary/aromatic N) is 2. The summed E-state index contributed by atoms with van der Waals surface area (Å²) in [5.41, 5.74) is 0. The molecule has 0 saturated carbocycles. The minimum Gasteiger partial charge on any atom is -0.378 e. The van der Waals surface area contributed by atoms with Crippen molar-refractivity contribution in [2.45, 2.75) is 44.4 Å². The highest BCUT2D eigenvalue weighted by Gasteiger charge is 2.37. The molecule has 4 heteroatoms. The van der Waals surface area contributed by atoms with Crippen LogP contribution >= 0.6 is 0 Å². The first kappa shape index (κ1) is 12.9. The number of hydrogen-bond acceptors (Lipinski definition) is 4. The summed E-state index contributed by atoms with van der Waals surface area (Å²) in [5, 5.41) is 3.43. The van der Waals surface area contributed by atoms with E-state index in [4.69, 9.17) is 4.74 Å². The van der Waals surface area contributed by atoms with Gasteiger partial charge in [0.05, 0.1) is 6.10 Å². The summed E-state index contributed by atoms with van der Waals surface area (Å²) in [7, 11) is 0. The Balaban J connectivity index is 1.43. The molecule has 1 N–H and O–H groups in total. The normalized spacial score (nSPS) is 36.5. The summed E-state index contributed by atoms with van der Waals surface area (Å²) < 4.78 is 5.77. The molecule has 0 amide bonds. The SMILES string of the molecule is CCC1CC(N2CC(N3CCNCC3)C2)CCO1. The van der Waals surface area contributed by atoms with Gasteiger partial charge in [-0.3, -0.25) is 9.80 Å². The van der Waals surface area contributed by atoms with Gasteiger partial charge in [0.1, 0.15) is 0 Å². The van der Waals surface area contributed by atoms with Gasteiger partial charge < -0.3 is 10.1 Å². The third kappa shape index (κ3) is 2.72. The third-order valence-corrected chi connectivity index (χ3v) is 4.87. The van der Waals surface area contributed by atoms with Gasteiger partial charge >= 0.3 is 0 Å². The van der Waals surface area contributed by atoms with Crippen LogP contribution in [0.25, 0.3) is 0 Å². The zero-order chi connectivity index (χ0) is 12.4. The van der Waals surface area contributed by atoms with E-state index in [1.54, 1.807) is 0 Å². The Morgan fingerprint density at radius 2 is 1.89 bits per heavy atom. The van der Waals surface area contributed by atoms with Crippen LogP contribution < -0.4 is 5.32 Å². The van der Waals surface area contributed by atoms with Gasteiger partial charge in [-0.05, 0) is 19.3 Å². The van der Waals surface area contributed by atoms with E-state index in [0.29, 0.717) is 6.10 Å². The molecule has 0 aromatic rings. The van der Waals surface area contributed by atoms with Crippen LogP contribution in [0, 0.1) is 0 Å². The smallest absolute Gasteiger partial charge is 0.0587 e. The van der Waals surface area contributed by atoms with Crippen LogP contribution in [0.3, 0.4) is 0 Å². The molecule has 0 aromatic heterocycles. The van der Waals surface area contributed by atoms with E-state index in [-0.39, 0.29) is 0 Å². The second kappa shape index (κ2) is 5.87. The Labute approximate surface area is 111 Å². The zero-order valence-electron chi connectivity index (χ0n) is 11.6. The Kier molecular flexibility index (Phi) is 4.19. The summed E-state index contributed by atoms with van der Waals surface area (Å²) in [6, 6.07) is 1.62. The van der Waals surface area contributed by atoms with Gasteiger partial charge in [0.15, 0.2) is 0 Å². The zero-order valence-corrected chi connectivity index (χ0v) is 11.6. The van der Waals surface area contributed by atoms with Crippen molar-refractivity contribution in [2.24, 2.45) is 0 Å². The van der Waals surface area contributed by atoms with Gasteiger partial charge in [0.25, 0.3) is 0 Å². The summed E-state index contributed by atoms with van der Waals surface area (Å²) >= 11 is 0. The molecule has 0 spiro atoms. The fourth-order valence-electron chi connectivity index (χ4n) is 3.54. The monoisotopic (exact) mass is 253 g/mol. The molecule has 3 saturated heterocycles. The lowest BCUT2D eigenvalue weighted by Gasteiger charge is -2.51. The average Bonchev–Trinajstić information content (AvgIpc) is 2.39. The van der Waals surface area contributed by atoms with E-state index in [0.717, 1.165) is 18.7 Å². The molecule has 0 radical (unpaired) electrons. The fraction of sp³-hybridized carbons (Fsp3) is 1.00. The molecule has 3 rings (SSSR count). The first-order chi connectivity index (χ1) is 8.86. The lowest BCUT2D eigenvalue weighted by molar-refractivity contribution is -0.0677. The molecule has 3 aliphatic heterocycles. The first-order valence-electron chi connectivity index (χ1n) is 7.67. The summed E-state index contributed by atoms with van der Waals surface area (Å²) in [5.74, 6) is 0. The molecule has 3 heterocycles. The molecular weight excluding hydrogens is 226 g/mol. The largest absolute Gasteiger partial charge is 0.378 e. The minimum absolute atomic E-state index is 0.516. The Bertz CT molecular complexity index is 262. The molecule has 4 nitrogen and oxygen atoms in total. The average molecular weight is 253 g/mol. The Hall–Kier alpha value is -0.160. The second-order valence-corrected chi connectivity index (χ2v) is 5.97. The molecule has 104 valence electrons. The lowest BCUT2D eigenvalue weighted by Crippen LogP contribution is -2.65. The number of rotatable bonds is 3. The van der Waals surface area contributed by atoms with E-state index < -0.39 is 0 Å². The van der Waals surface area contributed by atoms with Crippen molar-refractivity contribution in [3.63, 3.8) is 0 Å². The van der Waals surface area contributed by atoms with Gasteiger partial charge in [0.2, 0.25) is 0 Å². The van der Waals surface area contributed by atoms with Gasteiger partial charge in [-0.1, -0.05) is 6.92 Å². The summed E-state index contributed by atoms with van der Waals surface area (Å²) in [6.07, 6.45) is 4.18. The van der Waals surface area contributed by atoms with Crippen molar-refractivity contribution >= 4 is 0 Å². The Morgan fingerprint density at radius 1 is 1.11 bits per heavy atom. The number of ether oxygens (including phenoxy) is 1. The van der Waals surface area contributed by atoms with E-state index >= 15 is 0 Å². The second-order valence-electron chi connectivity index (χ2n) is 5.97. The first-order valence-corrected chi connectivity index (χ1v) is 7.67. The highest BCUT2D eigenvalue weighted by atomic mass is 16.5. The molecule has 3 aliphatic rings. The summed E-state index contributed by atoms with van der Waals surface area (Å²) in [6.45, 7) is 10.6. The van der Waals surface area contributed by atoms with E-state index in [9.17, 15) is 0 Å². The Morgan fingerprint density at radius 3 is 2.61 bits per heavy atom. The van der Waals surface area contributed by atoms with Crippen LogP contribution in [0.4, 0.5) is 0 Å². The van der Waals surface area contributed by atoms with Crippen molar-refractivity contribution in [3.8, 4) is 0 Å². The van der Waals surface area contributed by atoms with Crippen molar-refractivity contribution in [3.05, 3.63) is 0 Å². The molecule has 3 fully saturated rings. The number of piperazine rings is 1. The van der Waals surface area contributed by atoms with Crippen LogP contribution in [-0.2, 0) is 4.74 Å². The molecule has 0 bridgehead atoms. The third-order valence-electron chi connectivity index (χ3n) is 4.87. The predicted octanol–water partition coefficient (Wildman–Crippen LogP) is 0.533. The van der Waals surface area contributed by atoms with Crippen LogP contribution in [0.1, 0.15) is 26.2 Å². The molecule has 2 atom stereocenters. The van der Waals surface area contributed by atoms with Crippen molar-refractivity contribution in [2.75, 3.05) is 45.9 Å². The lowest BCUT2D eigenvalue weighted by atomic mass is 9.95. The van der Waals surface area contributed by atoms with Gasteiger partial charge in [-0.15, -0.1) is 0 Å². The predicted molar refractivity (Wildman–Crippen MR) is 72.9 cm³/mol. The molecular formula is C14H27N3O. The highest BCUT2D eigenvalue weighted by molar-refractivity contribution is 4.94. The highest BCUT2D eigenvalue weighted by Crippen LogP contribution is 2.26. The maximum atomic E-state index is 5.77. The maximum absolute atomic E-state index is 5.77. The summed E-state index contributed by atoms with van der Waals surface area (Å²) in [4.78, 5) is 5.36. The van der Waals surface area contributed by atoms with Crippen LogP contribution in [0.2, 0.25) is 0 Å². The molecule has 0 aliphatic carbocycles. The quantitative estimate of drug-likeness (QED) is 0.794. The van der Waals surface area contributed by atoms with Crippen LogP contribution in [0.15, 0.2) is 0 Å². The topological polar surface area (TPSA) is 27.7 Å². The number of hydrogen-bond donors (Lipinski definition) is 1. The van der Waals surface area contributed by atoms with Crippen LogP contribution in [0.5, 0.6) is 0 Å². The molecule has 0 aromatic carbocycles. The fourth-order valence-corrected chi connectivity index (χ4v) is 3.54. The van der Waals surface area contributed by atoms with Crippen molar-refractivity contribution in [1.82, 2.24) is 15.1 Å². The van der Waals surface area contributed by atoms with Crippen molar-refractivity contribution < 1.29 is 4.74 Å². The standard InChI is InChI=1S/C14H27N3O/c1-2-14-9-12(3-8-18-14)17-10-13(11-17)16-6-4-15-5-7-16/h12-15H,2-11H2,1H3. The van der Waals surface area contributed by atoms with Gasteiger partial charge in [0, 0.05) is 58.0 Å². The van der Waals surface area contributed by atoms with E-state index in [2.05, 4.69) is 22.0 Å². The molecule has 2 unspecified atom stereocenters. The van der Waals surface area contributed by atoms with Crippen LogP contribution in [-0.4, -0.2) is 73.9 Å². The van der Waals surface area contributed by atoms with Gasteiger partial charge in [-0.2, -0.15) is 0 Å². The number of likely N-dealkylation sites (tertiary alicyclic amines) is 1. The van der Waals surface area contributed by atoms with Gasteiger partial charge in [-0.25, -0.2) is 0 Å².